The van der Waals surface area contributed by atoms with Crippen molar-refractivity contribution in [2.75, 3.05) is 0 Å². The van der Waals surface area contributed by atoms with Gasteiger partial charge < -0.3 is 9.73 Å². The average Bonchev–Trinajstić information content (AvgIpc) is 2.91. The van der Waals surface area contributed by atoms with E-state index < -0.39 is 0 Å². The minimum Gasteiger partial charge on any atom is -0.467 e. The molecule has 98 valence electrons. The zero-order chi connectivity index (χ0) is 13.7. The molecule has 0 aliphatic carbocycles. The molecule has 0 aliphatic heterocycles. The number of benzene rings is 1. The first-order valence-corrected chi connectivity index (χ1v) is 6.27. The van der Waals surface area contributed by atoms with Crippen LogP contribution in [0.15, 0.2) is 47.1 Å². The van der Waals surface area contributed by atoms with E-state index in [2.05, 4.69) is 5.32 Å². The van der Waals surface area contributed by atoms with Crippen LogP contribution in [-0.2, 0) is 11.3 Å². The van der Waals surface area contributed by atoms with E-state index in [-0.39, 0.29) is 5.91 Å². The SMILES string of the molecule is Cc1ccc(/C=C/C(=O)NCc2ccco2)cc1Cl. The molecule has 1 aromatic carbocycles. The fourth-order valence-corrected chi connectivity index (χ4v) is 1.72. The molecule has 0 radical (unpaired) electrons. The van der Waals surface area contributed by atoms with Crippen molar-refractivity contribution in [1.29, 1.82) is 0 Å². The van der Waals surface area contributed by atoms with E-state index in [0.29, 0.717) is 11.6 Å². The summed E-state index contributed by atoms with van der Waals surface area (Å²) in [5.41, 5.74) is 1.91. The van der Waals surface area contributed by atoms with Gasteiger partial charge in [0.2, 0.25) is 5.91 Å². The maximum Gasteiger partial charge on any atom is 0.244 e. The fraction of sp³-hybridized carbons (Fsp3) is 0.133. The van der Waals surface area contributed by atoms with Crippen molar-refractivity contribution in [3.8, 4) is 0 Å². The summed E-state index contributed by atoms with van der Waals surface area (Å²) < 4.78 is 5.12. The van der Waals surface area contributed by atoms with Gasteiger partial charge >= 0.3 is 0 Å². The zero-order valence-electron chi connectivity index (χ0n) is 10.5. The molecule has 1 heterocycles. The molecular formula is C15H14ClNO2. The molecule has 0 spiro atoms. The lowest BCUT2D eigenvalue weighted by Gasteiger charge is -2.00. The Hall–Kier alpha value is -2.00. The van der Waals surface area contributed by atoms with Crippen LogP contribution in [0.25, 0.3) is 6.08 Å². The van der Waals surface area contributed by atoms with Gasteiger partial charge in [-0.2, -0.15) is 0 Å². The maximum atomic E-state index is 11.6. The summed E-state index contributed by atoms with van der Waals surface area (Å²) in [6, 6.07) is 9.25. The Balaban J connectivity index is 1.90. The van der Waals surface area contributed by atoms with E-state index in [1.165, 1.54) is 6.08 Å². The number of amides is 1. The monoisotopic (exact) mass is 275 g/mol. The highest BCUT2D eigenvalue weighted by Crippen LogP contribution is 2.17. The van der Waals surface area contributed by atoms with Gasteiger partial charge in [0, 0.05) is 11.1 Å². The smallest absolute Gasteiger partial charge is 0.244 e. The number of carbonyl (C=O) groups excluding carboxylic acids is 1. The molecule has 19 heavy (non-hydrogen) atoms. The number of hydrogen-bond acceptors (Lipinski definition) is 2. The summed E-state index contributed by atoms with van der Waals surface area (Å²) in [6.45, 7) is 2.32. The van der Waals surface area contributed by atoms with Crippen LogP contribution in [0.4, 0.5) is 0 Å². The highest BCUT2D eigenvalue weighted by molar-refractivity contribution is 6.31. The van der Waals surface area contributed by atoms with E-state index in [9.17, 15) is 4.79 Å². The van der Waals surface area contributed by atoms with Crippen molar-refractivity contribution in [2.24, 2.45) is 0 Å². The van der Waals surface area contributed by atoms with Gasteiger partial charge in [-0.1, -0.05) is 23.7 Å². The number of aryl methyl sites for hydroxylation is 1. The van der Waals surface area contributed by atoms with Crippen molar-refractivity contribution in [3.05, 3.63) is 64.6 Å². The molecule has 0 aliphatic rings. The quantitative estimate of drug-likeness (QED) is 0.867. The van der Waals surface area contributed by atoms with Crippen molar-refractivity contribution < 1.29 is 9.21 Å². The van der Waals surface area contributed by atoms with Gasteiger partial charge in [-0.3, -0.25) is 4.79 Å². The van der Waals surface area contributed by atoms with E-state index in [0.717, 1.165) is 16.9 Å². The van der Waals surface area contributed by atoms with Crippen molar-refractivity contribution in [2.45, 2.75) is 13.5 Å². The third kappa shape index (κ3) is 4.00. The summed E-state index contributed by atoms with van der Waals surface area (Å²) in [5.74, 6) is 0.549. The molecule has 2 aromatic rings. The van der Waals surface area contributed by atoms with Crippen LogP contribution >= 0.6 is 11.6 Å². The molecule has 0 atom stereocenters. The lowest BCUT2D eigenvalue weighted by molar-refractivity contribution is -0.116. The third-order valence-corrected chi connectivity index (χ3v) is 3.05. The molecule has 0 bridgehead atoms. The second-order valence-corrected chi connectivity index (χ2v) is 4.55. The highest BCUT2D eigenvalue weighted by atomic mass is 35.5. The van der Waals surface area contributed by atoms with Crippen LogP contribution in [0, 0.1) is 6.92 Å². The van der Waals surface area contributed by atoms with Crippen molar-refractivity contribution in [1.82, 2.24) is 5.32 Å². The summed E-state index contributed by atoms with van der Waals surface area (Å²) in [6.07, 6.45) is 4.78. The molecule has 1 aromatic heterocycles. The topological polar surface area (TPSA) is 42.2 Å². The van der Waals surface area contributed by atoms with Gasteiger partial charge in [0.1, 0.15) is 5.76 Å². The number of halogens is 1. The molecule has 0 saturated heterocycles. The Morgan fingerprint density at radius 2 is 2.26 bits per heavy atom. The minimum absolute atomic E-state index is 0.173. The Kier molecular flexibility index (Phi) is 4.42. The normalized spacial score (nSPS) is 10.8. The van der Waals surface area contributed by atoms with Crippen LogP contribution in [-0.4, -0.2) is 5.91 Å². The van der Waals surface area contributed by atoms with E-state index in [4.69, 9.17) is 16.0 Å². The molecule has 3 nitrogen and oxygen atoms in total. The lowest BCUT2D eigenvalue weighted by atomic mass is 10.1. The van der Waals surface area contributed by atoms with Crippen LogP contribution in [0.3, 0.4) is 0 Å². The predicted molar refractivity (Wildman–Crippen MR) is 75.8 cm³/mol. The molecule has 0 saturated carbocycles. The summed E-state index contributed by atoms with van der Waals surface area (Å²) in [5, 5.41) is 3.42. The summed E-state index contributed by atoms with van der Waals surface area (Å²) in [4.78, 5) is 11.6. The summed E-state index contributed by atoms with van der Waals surface area (Å²) in [7, 11) is 0. The standard InChI is InChI=1S/C15H14ClNO2/c1-11-4-5-12(9-14(11)16)6-7-15(18)17-10-13-3-2-8-19-13/h2-9H,10H2,1H3,(H,17,18)/b7-6+. The molecule has 4 heteroatoms. The van der Waals surface area contributed by atoms with E-state index in [1.54, 1.807) is 18.4 Å². The molecular weight excluding hydrogens is 262 g/mol. The zero-order valence-corrected chi connectivity index (χ0v) is 11.3. The second-order valence-electron chi connectivity index (χ2n) is 4.14. The number of hydrogen-bond donors (Lipinski definition) is 1. The first kappa shape index (κ1) is 13.4. The van der Waals surface area contributed by atoms with Crippen LogP contribution < -0.4 is 5.32 Å². The van der Waals surface area contributed by atoms with E-state index >= 15 is 0 Å². The lowest BCUT2D eigenvalue weighted by Crippen LogP contribution is -2.19. The molecule has 0 fully saturated rings. The van der Waals surface area contributed by atoms with Gasteiger partial charge in [-0.05, 0) is 42.3 Å². The largest absolute Gasteiger partial charge is 0.467 e. The second kappa shape index (κ2) is 6.25. The van der Waals surface area contributed by atoms with Gasteiger partial charge in [0.05, 0.1) is 12.8 Å². The fourth-order valence-electron chi connectivity index (χ4n) is 1.53. The average molecular weight is 276 g/mol. The maximum absolute atomic E-state index is 11.6. The Labute approximate surface area is 116 Å². The summed E-state index contributed by atoms with van der Waals surface area (Å²) >= 11 is 6.01. The first-order valence-electron chi connectivity index (χ1n) is 5.89. The van der Waals surface area contributed by atoms with Crippen molar-refractivity contribution in [3.63, 3.8) is 0 Å². The van der Waals surface area contributed by atoms with Gasteiger partial charge in [-0.15, -0.1) is 0 Å². The number of carbonyl (C=O) groups is 1. The Morgan fingerprint density at radius 1 is 1.42 bits per heavy atom. The van der Waals surface area contributed by atoms with E-state index in [1.807, 2.05) is 31.2 Å². The Bertz CT molecular complexity index is 588. The highest BCUT2D eigenvalue weighted by Gasteiger charge is 1.99. The first-order chi connectivity index (χ1) is 9.15. The molecule has 1 N–H and O–H groups in total. The Morgan fingerprint density at radius 3 is 2.95 bits per heavy atom. The minimum atomic E-state index is -0.173. The molecule has 1 amide bonds. The predicted octanol–water partition coefficient (Wildman–Crippen LogP) is 3.57. The van der Waals surface area contributed by atoms with Gasteiger partial charge in [0.25, 0.3) is 0 Å². The molecule has 2 rings (SSSR count). The number of rotatable bonds is 4. The number of furan rings is 1. The van der Waals surface area contributed by atoms with Crippen LogP contribution in [0.2, 0.25) is 5.02 Å². The van der Waals surface area contributed by atoms with Crippen LogP contribution in [0.1, 0.15) is 16.9 Å². The van der Waals surface area contributed by atoms with Gasteiger partial charge in [-0.25, -0.2) is 0 Å². The van der Waals surface area contributed by atoms with Crippen LogP contribution in [0.5, 0.6) is 0 Å². The van der Waals surface area contributed by atoms with Gasteiger partial charge in [0.15, 0.2) is 0 Å². The third-order valence-electron chi connectivity index (χ3n) is 2.64. The number of nitrogens with one attached hydrogen (secondary N) is 1. The van der Waals surface area contributed by atoms with Crippen molar-refractivity contribution >= 4 is 23.6 Å². The molecule has 0 unspecified atom stereocenters.